The third kappa shape index (κ3) is 4.75. The molecule has 0 aliphatic heterocycles. The first-order chi connectivity index (χ1) is 12.7. The van der Waals surface area contributed by atoms with Crippen molar-refractivity contribution in [3.8, 4) is 0 Å². The molecule has 1 aromatic carbocycles. The Balaban J connectivity index is 2.16. The van der Waals surface area contributed by atoms with Crippen molar-refractivity contribution in [2.45, 2.75) is 25.2 Å². The largest absolute Gasteiger partial charge is 0.352 e. The van der Waals surface area contributed by atoms with Crippen molar-refractivity contribution in [3.63, 3.8) is 0 Å². The molecule has 0 unspecified atom stereocenters. The van der Waals surface area contributed by atoms with Gasteiger partial charge in [0.2, 0.25) is 10.0 Å². The zero-order valence-electron chi connectivity index (χ0n) is 15.3. The van der Waals surface area contributed by atoms with E-state index in [0.717, 1.165) is 0 Å². The Morgan fingerprint density at radius 1 is 1.37 bits per heavy atom. The number of nitrogens with one attached hydrogen (secondary N) is 2. The minimum Gasteiger partial charge on any atom is -0.352 e. The van der Waals surface area contributed by atoms with E-state index < -0.39 is 15.9 Å². The van der Waals surface area contributed by atoms with Crippen molar-refractivity contribution in [1.82, 2.24) is 24.4 Å². The normalized spacial score (nSPS) is 11.7. The smallest absolute Gasteiger partial charge is 0.252 e. The van der Waals surface area contributed by atoms with Crippen LogP contribution in [0.5, 0.6) is 0 Å². The SMILES string of the molecule is CCN(CC)S(=O)(=O)c1ccc(Cl)c(C(=O)NCCc2n[nH]c(=S)n2C)c1. The molecule has 0 saturated carbocycles. The standard InChI is InChI=1S/C16H22ClN5O3S2/c1-4-22(5-2)27(24,25)11-6-7-13(17)12(10-11)15(23)18-9-8-14-19-20-16(26)21(14)3/h6-7,10H,4-5,8-9H2,1-3H3,(H,18,23)(H,20,26). The highest BCUT2D eigenvalue weighted by molar-refractivity contribution is 7.89. The van der Waals surface area contributed by atoms with E-state index in [0.29, 0.717) is 36.7 Å². The van der Waals surface area contributed by atoms with Crippen molar-refractivity contribution >= 4 is 39.7 Å². The van der Waals surface area contributed by atoms with E-state index in [1.54, 1.807) is 25.5 Å². The van der Waals surface area contributed by atoms with Crippen LogP contribution in [0.25, 0.3) is 0 Å². The van der Waals surface area contributed by atoms with Crippen LogP contribution in [0.3, 0.4) is 0 Å². The predicted octanol–water partition coefficient (Wildman–Crippen LogP) is 2.13. The molecule has 148 valence electrons. The lowest BCUT2D eigenvalue weighted by Crippen LogP contribution is -2.31. The van der Waals surface area contributed by atoms with Crippen molar-refractivity contribution in [3.05, 3.63) is 39.4 Å². The summed E-state index contributed by atoms with van der Waals surface area (Å²) in [6, 6.07) is 4.13. The second-order valence-electron chi connectivity index (χ2n) is 5.74. The number of halogens is 1. The van der Waals surface area contributed by atoms with Gasteiger partial charge < -0.3 is 9.88 Å². The number of rotatable bonds is 8. The minimum atomic E-state index is -3.67. The molecule has 1 aromatic heterocycles. The molecule has 27 heavy (non-hydrogen) atoms. The molecular weight excluding hydrogens is 410 g/mol. The first-order valence-corrected chi connectivity index (χ1v) is 10.6. The summed E-state index contributed by atoms with van der Waals surface area (Å²) in [5, 5.41) is 9.65. The summed E-state index contributed by atoms with van der Waals surface area (Å²) >= 11 is 11.1. The van der Waals surface area contributed by atoms with E-state index in [1.807, 2.05) is 0 Å². The zero-order chi connectivity index (χ0) is 20.2. The fraction of sp³-hybridized carbons (Fsp3) is 0.438. The van der Waals surface area contributed by atoms with Gasteiger partial charge in [-0.25, -0.2) is 8.42 Å². The topological polar surface area (TPSA) is 100 Å². The molecule has 1 heterocycles. The number of carbonyl (C=O) groups excluding carboxylic acids is 1. The summed E-state index contributed by atoms with van der Waals surface area (Å²) in [5.74, 6) is 0.248. The number of aromatic nitrogens is 3. The van der Waals surface area contributed by atoms with Gasteiger partial charge in [0.1, 0.15) is 5.82 Å². The van der Waals surface area contributed by atoms with Crippen LogP contribution in [0.1, 0.15) is 30.0 Å². The van der Waals surface area contributed by atoms with Crippen LogP contribution in [-0.4, -0.2) is 53.0 Å². The number of hydrogen-bond acceptors (Lipinski definition) is 5. The number of benzene rings is 1. The van der Waals surface area contributed by atoms with Gasteiger partial charge in [-0.2, -0.15) is 9.40 Å². The van der Waals surface area contributed by atoms with Crippen LogP contribution < -0.4 is 5.32 Å². The third-order valence-corrected chi connectivity index (χ3v) is 6.87. The summed E-state index contributed by atoms with van der Waals surface area (Å²) < 4.78 is 28.8. The number of H-pyrrole nitrogens is 1. The zero-order valence-corrected chi connectivity index (χ0v) is 17.7. The number of carbonyl (C=O) groups is 1. The van der Waals surface area contributed by atoms with Crippen LogP contribution in [0.2, 0.25) is 5.02 Å². The van der Waals surface area contributed by atoms with Gasteiger partial charge in [0.15, 0.2) is 4.77 Å². The molecule has 2 rings (SSSR count). The second-order valence-corrected chi connectivity index (χ2v) is 8.47. The number of hydrogen-bond donors (Lipinski definition) is 2. The van der Waals surface area contributed by atoms with E-state index in [9.17, 15) is 13.2 Å². The molecule has 0 aliphatic rings. The molecule has 1 amide bonds. The molecule has 0 bridgehead atoms. The second kappa shape index (κ2) is 8.96. The van der Waals surface area contributed by atoms with Crippen LogP contribution in [0, 0.1) is 4.77 Å². The Kier molecular flexibility index (Phi) is 7.15. The summed E-state index contributed by atoms with van der Waals surface area (Å²) in [5.41, 5.74) is 0.111. The molecule has 2 aromatic rings. The molecular formula is C16H22ClN5O3S2. The van der Waals surface area contributed by atoms with Gasteiger partial charge in [0.05, 0.1) is 15.5 Å². The minimum absolute atomic E-state index is 0.0372. The van der Waals surface area contributed by atoms with Gasteiger partial charge in [-0.05, 0) is 30.4 Å². The van der Waals surface area contributed by atoms with Gasteiger partial charge in [-0.15, -0.1) is 0 Å². The van der Waals surface area contributed by atoms with Crippen LogP contribution in [0.15, 0.2) is 23.1 Å². The first kappa shape index (κ1) is 21.5. The van der Waals surface area contributed by atoms with Gasteiger partial charge >= 0.3 is 0 Å². The number of sulfonamides is 1. The third-order valence-electron chi connectivity index (χ3n) is 4.13. The Morgan fingerprint density at radius 2 is 2.04 bits per heavy atom. The molecule has 11 heteroatoms. The lowest BCUT2D eigenvalue weighted by Gasteiger charge is -2.19. The van der Waals surface area contributed by atoms with Crippen molar-refractivity contribution in [1.29, 1.82) is 0 Å². The quantitative estimate of drug-likeness (QED) is 0.623. The molecule has 0 spiro atoms. The van der Waals surface area contributed by atoms with E-state index in [4.69, 9.17) is 23.8 Å². The molecule has 0 atom stereocenters. The molecule has 0 fully saturated rings. The van der Waals surface area contributed by atoms with Gasteiger partial charge in [0.25, 0.3) is 5.91 Å². The molecule has 2 N–H and O–H groups in total. The number of nitrogens with zero attached hydrogens (tertiary/aromatic N) is 3. The summed E-state index contributed by atoms with van der Waals surface area (Å²) in [4.78, 5) is 12.5. The highest BCUT2D eigenvalue weighted by Gasteiger charge is 2.23. The maximum absolute atomic E-state index is 12.6. The van der Waals surface area contributed by atoms with E-state index >= 15 is 0 Å². The maximum atomic E-state index is 12.6. The van der Waals surface area contributed by atoms with E-state index in [1.165, 1.54) is 22.5 Å². The number of amides is 1. The Morgan fingerprint density at radius 3 is 2.59 bits per heavy atom. The van der Waals surface area contributed by atoms with Gasteiger partial charge in [-0.3, -0.25) is 9.89 Å². The fourth-order valence-electron chi connectivity index (χ4n) is 2.54. The van der Waals surface area contributed by atoms with E-state index in [-0.39, 0.29) is 15.5 Å². The van der Waals surface area contributed by atoms with Crippen molar-refractivity contribution in [2.75, 3.05) is 19.6 Å². The van der Waals surface area contributed by atoms with Crippen molar-refractivity contribution < 1.29 is 13.2 Å². The lowest BCUT2D eigenvalue weighted by molar-refractivity contribution is 0.0954. The average Bonchev–Trinajstić information content (AvgIpc) is 2.94. The molecule has 0 saturated heterocycles. The number of aromatic amines is 1. The Labute approximate surface area is 168 Å². The summed E-state index contributed by atoms with van der Waals surface area (Å²) in [6.07, 6.45) is 0.463. The monoisotopic (exact) mass is 431 g/mol. The fourth-order valence-corrected chi connectivity index (χ4v) is 4.38. The average molecular weight is 432 g/mol. The van der Waals surface area contributed by atoms with Gasteiger partial charge in [-0.1, -0.05) is 25.4 Å². The van der Waals surface area contributed by atoms with Crippen molar-refractivity contribution in [2.24, 2.45) is 7.05 Å². The van der Waals surface area contributed by atoms with Crippen LogP contribution >= 0.6 is 23.8 Å². The maximum Gasteiger partial charge on any atom is 0.252 e. The van der Waals surface area contributed by atoms with E-state index in [2.05, 4.69) is 15.5 Å². The molecule has 0 radical (unpaired) electrons. The highest BCUT2D eigenvalue weighted by atomic mass is 35.5. The summed E-state index contributed by atoms with van der Waals surface area (Å²) in [6.45, 7) is 4.50. The summed E-state index contributed by atoms with van der Waals surface area (Å²) in [7, 11) is -1.90. The highest BCUT2D eigenvalue weighted by Crippen LogP contribution is 2.23. The molecule has 8 nitrogen and oxygen atoms in total. The predicted molar refractivity (Wildman–Crippen MR) is 106 cm³/mol. The van der Waals surface area contributed by atoms with Crippen LogP contribution in [-0.2, 0) is 23.5 Å². The van der Waals surface area contributed by atoms with Crippen LogP contribution in [0.4, 0.5) is 0 Å². The Hall–Kier alpha value is -1.75. The first-order valence-electron chi connectivity index (χ1n) is 8.40. The molecule has 0 aliphatic carbocycles. The Bertz CT molecular complexity index is 980. The lowest BCUT2D eigenvalue weighted by atomic mass is 10.2. The van der Waals surface area contributed by atoms with Gasteiger partial charge in [0, 0.05) is 33.1 Å².